The van der Waals surface area contributed by atoms with Gasteiger partial charge in [0.25, 0.3) is 5.56 Å². The van der Waals surface area contributed by atoms with Crippen molar-refractivity contribution >= 4 is 17.0 Å². The molecule has 0 aliphatic rings. The normalized spacial score (nSPS) is 9.25. The SMILES string of the molecule is NC(=O)O.O=c1cc(O)c2ccccc2[nH]1. The van der Waals surface area contributed by atoms with E-state index in [1.54, 1.807) is 24.3 Å². The standard InChI is InChI=1S/C9H7NO2.CH3NO2/c11-8-5-9(12)10-7-4-2-1-3-6(7)8;2-1(3)4/h1-5H,(H2,10,11,12);2H2,(H,3,4). The smallest absolute Gasteiger partial charge is 0.402 e. The minimum Gasteiger partial charge on any atom is -0.507 e. The summed E-state index contributed by atoms with van der Waals surface area (Å²) >= 11 is 0. The second kappa shape index (κ2) is 4.83. The number of rotatable bonds is 0. The molecule has 2 aromatic rings. The molecular formula is C10H10N2O4. The van der Waals surface area contributed by atoms with Crippen LogP contribution in [0.2, 0.25) is 0 Å². The summed E-state index contributed by atoms with van der Waals surface area (Å²) in [6.07, 6.45) is -1.33. The van der Waals surface area contributed by atoms with E-state index in [9.17, 15) is 9.90 Å². The third kappa shape index (κ3) is 3.02. The number of fused-ring (bicyclic) bond motifs is 1. The lowest BCUT2D eigenvalue weighted by Crippen LogP contribution is -2.03. The largest absolute Gasteiger partial charge is 0.507 e. The molecule has 2 rings (SSSR count). The van der Waals surface area contributed by atoms with Crippen molar-refractivity contribution in [2.75, 3.05) is 0 Å². The Bertz CT molecular complexity index is 558. The van der Waals surface area contributed by atoms with Gasteiger partial charge in [0.15, 0.2) is 0 Å². The molecule has 0 fully saturated rings. The van der Waals surface area contributed by atoms with E-state index in [0.29, 0.717) is 10.9 Å². The van der Waals surface area contributed by atoms with Crippen molar-refractivity contribution in [3.63, 3.8) is 0 Å². The summed E-state index contributed by atoms with van der Waals surface area (Å²) in [6.45, 7) is 0. The highest BCUT2D eigenvalue weighted by Gasteiger charge is 1.98. The number of benzene rings is 1. The van der Waals surface area contributed by atoms with Gasteiger partial charge in [-0.3, -0.25) is 4.79 Å². The molecule has 16 heavy (non-hydrogen) atoms. The van der Waals surface area contributed by atoms with Crippen LogP contribution in [0, 0.1) is 0 Å². The van der Waals surface area contributed by atoms with Crippen LogP contribution in [0.5, 0.6) is 5.75 Å². The first-order valence-electron chi connectivity index (χ1n) is 4.30. The monoisotopic (exact) mass is 222 g/mol. The highest BCUT2D eigenvalue weighted by molar-refractivity contribution is 5.84. The molecule has 1 heterocycles. The van der Waals surface area contributed by atoms with Crippen molar-refractivity contribution in [2.45, 2.75) is 0 Å². The number of nitrogens with two attached hydrogens (primary N) is 1. The molecule has 0 aliphatic heterocycles. The highest BCUT2D eigenvalue weighted by Crippen LogP contribution is 2.19. The molecule has 1 amide bonds. The van der Waals surface area contributed by atoms with Crippen LogP contribution >= 0.6 is 0 Å². The minimum atomic E-state index is -1.33. The summed E-state index contributed by atoms with van der Waals surface area (Å²) in [7, 11) is 0. The number of amides is 1. The summed E-state index contributed by atoms with van der Waals surface area (Å²) in [5.41, 5.74) is 4.40. The van der Waals surface area contributed by atoms with E-state index in [1.165, 1.54) is 6.07 Å². The Labute approximate surface area is 90.0 Å². The number of nitrogens with one attached hydrogen (secondary N) is 1. The predicted octanol–water partition coefficient (Wildman–Crippen LogP) is 0.857. The average molecular weight is 222 g/mol. The molecule has 1 aromatic heterocycles. The second-order valence-electron chi connectivity index (χ2n) is 2.90. The fourth-order valence-corrected chi connectivity index (χ4v) is 1.19. The van der Waals surface area contributed by atoms with Crippen LogP contribution in [0.3, 0.4) is 0 Å². The van der Waals surface area contributed by atoms with Crippen LogP contribution in [0.25, 0.3) is 10.9 Å². The Morgan fingerprint density at radius 3 is 2.50 bits per heavy atom. The number of para-hydroxylation sites is 1. The average Bonchev–Trinajstić information content (AvgIpc) is 2.16. The van der Waals surface area contributed by atoms with Gasteiger partial charge in [-0.15, -0.1) is 0 Å². The van der Waals surface area contributed by atoms with Gasteiger partial charge in [-0.05, 0) is 12.1 Å². The molecule has 5 N–H and O–H groups in total. The molecule has 0 radical (unpaired) electrons. The first-order valence-corrected chi connectivity index (χ1v) is 4.30. The van der Waals surface area contributed by atoms with Crippen LogP contribution in [0.15, 0.2) is 35.1 Å². The third-order valence-electron chi connectivity index (χ3n) is 1.73. The topological polar surface area (TPSA) is 116 Å². The van der Waals surface area contributed by atoms with E-state index in [0.717, 1.165) is 0 Å². The quantitative estimate of drug-likeness (QED) is 0.528. The number of aromatic hydroxyl groups is 1. The third-order valence-corrected chi connectivity index (χ3v) is 1.73. The Hall–Kier alpha value is -2.50. The lowest BCUT2D eigenvalue weighted by atomic mass is 10.2. The molecule has 0 saturated carbocycles. The van der Waals surface area contributed by atoms with E-state index in [1.807, 2.05) is 0 Å². The predicted molar refractivity (Wildman–Crippen MR) is 58.4 cm³/mol. The van der Waals surface area contributed by atoms with Gasteiger partial charge in [-0.1, -0.05) is 12.1 Å². The maximum atomic E-state index is 10.9. The van der Waals surface area contributed by atoms with E-state index in [-0.39, 0.29) is 11.3 Å². The molecule has 0 unspecified atom stereocenters. The van der Waals surface area contributed by atoms with Gasteiger partial charge < -0.3 is 20.9 Å². The molecule has 0 atom stereocenters. The number of hydrogen-bond acceptors (Lipinski definition) is 3. The molecule has 0 spiro atoms. The Morgan fingerprint density at radius 1 is 1.31 bits per heavy atom. The van der Waals surface area contributed by atoms with Crippen LogP contribution in [0.1, 0.15) is 0 Å². The molecule has 0 aliphatic carbocycles. The van der Waals surface area contributed by atoms with Crippen LogP contribution in [-0.4, -0.2) is 21.3 Å². The molecule has 0 saturated heterocycles. The van der Waals surface area contributed by atoms with Crippen LogP contribution in [-0.2, 0) is 0 Å². The van der Waals surface area contributed by atoms with Crippen LogP contribution in [0.4, 0.5) is 4.79 Å². The molecule has 1 aromatic carbocycles. The highest BCUT2D eigenvalue weighted by atomic mass is 16.4. The fraction of sp³-hybridized carbons (Fsp3) is 0. The first-order chi connectivity index (χ1) is 7.50. The van der Waals surface area contributed by atoms with Gasteiger partial charge in [0.1, 0.15) is 5.75 Å². The summed E-state index contributed by atoms with van der Waals surface area (Å²) in [5, 5.41) is 17.2. The first kappa shape index (κ1) is 11.6. The number of hydrogen-bond donors (Lipinski definition) is 4. The Morgan fingerprint density at radius 2 is 1.88 bits per heavy atom. The van der Waals surface area contributed by atoms with Gasteiger partial charge in [-0.25, -0.2) is 4.79 Å². The van der Waals surface area contributed by atoms with Crippen molar-refractivity contribution in [3.8, 4) is 5.75 Å². The summed E-state index contributed by atoms with van der Waals surface area (Å²) in [5.74, 6) is 0.0225. The molecular weight excluding hydrogens is 212 g/mol. The number of pyridine rings is 1. The molecule has 84 valence electrons. The summed E-state index contributed by atoms with van der Waals surface area (Å²) in [4.78, 5) is 22.3. The Kier molecular flexibility index (Phi) is 3.49. The van der Waals surface area contributed by atoms with Gasteiger partial charge >= 0.3 is 6.09 Å². The fourth-order valence-electron chi connectivity index (χ4n) is 1.19. The Balaban J connectivity index is 0.000000280. The van der Waals surface area contributed by atoms with Crippen molar-refractivity contribution in [3.05, 3.63) is 40.7 Å². The van der Waals surface area contributed by atoms with Crippen molar-refractivity contribution in [1.82, 2.24) is 4.98 Å². The van der Waals surface area contributed by atoms with E-state index in [2.05, 4.69) is 10.7 Å². The number of aromatic nitrogens is 1. The summed E-state index contributed by atoms with van der Waals surface area (Å²) in [6, 6.07) is 8.28. The van der Waals surface area contributed by atoms with Gasteiger partial charge in [0.2, 0.25) is 0 Å². The van der Waals surface area contributed by atoms with Crippen molar-refractivity contribution in [1.29, 1.82) is 0 Å². The molecule has 6 heteroatoms. The van der Waals surface area contributed by atoms with Gasteiger partial charge in [-0.2, -0.15) is 0 Å². The number of primary amides is 1. The molecule has 6 nitrogen and oxygen atoms in total. The van der Waals surface area contributed by atoms with Crippen molar-refractivity contribution < 1.29 is 15.0 Å². The maximum Gasteiger partial charge on any atom is 0.402 e. The van der Waals surface area contributed by atoms with Gasteiger partial charge in [0.05, 0.1) is 5.52 Å². The van der Waals surface area contributed by atoms with E-state index in [4.69, 9.17) is 9.90 Å². The minimum absolute atomic E-state index is 0.0225. The lowest BCUT2D eigenvalue weighted by molar-refractivity contribution is 0.205. The maximum absolute atomic E-state index is 10.9. The number of carboxylic acid groups (broad SMARTS) is 1. The van der Waals surface area contributed by atoms with Gasteiger partial charge in [0, 0.05) is 11.5 Å². The number of H-pyrrole nitrogens is 1. The summed E-state index contributed by atoms with van der Waals surface area (Å²) < 4.78 is 0. The second-order valence-corrected chi connectivity index (χ2v) is 2.90. The lowest BCUT2D eigenvalue weighted by Gasteiger charge is -1.97. The zero-order valence-corrected chi connectivity index (χ0v) is 8.18. The molecule has 0 bridgehead atoms. The van der Waals surface area contributed by atoms with E-state index < -0.39 is 6.09 Å². The zero-order valence-electron chi connectivity index (χ0n) is 8.18. The number of carbonyl (C=O) groups is 1. The van der Waals surface area contributed by atoms with E-state index >= 15 is 0 Å². The van der Waals surface area contributed by atoms with Crippen molar-refractivity contribution in [2.24, 2.45) is 5.73 Å². The zero-order chi connectivity index (χ0) is 12.1. The van der Waals surface area contributed by atoms with Crippen LogP contribution < -0.4 is 11.3 Å². The number of aromatic amines is 1.